The highest BCUT2D eigenvalue weighted by molar-refractivity contribution is 6.08. The largest absolute Gasteiger partial charge is 0.456 e. The Labute approximate surface area is 218 Å². The lowest BCUT2D eigenvalue weighted by molar-refractivity contribution is 0.669. The van der Waals surface area contributed by atoms with Crippen LogP contribution in [0.15, 0.2) is 136 Å². The first-order valence-electron chi connectivity index (χ1n) is 12.7. The van der Waals surface area contributed by atoms with Gasteiger partial charge in [0.25, 0.3) is 0 Å². The van der Waals surface area contributed by atoms with Crippen LogP contribution in [0.4, 0.5) is 0 Å². The smallest absolute Gasteiger partial charge is 0.136 e. The number of nitrogens with zero attached hydrogens (tertiary/aromatic N) is 1. The maximum atomic E-state index is 6.39. The van der Waals surface area contributed by atoms with E-state index in [1.165, 1.54) is 0 Å². The number of fused-ring (bicyclic) bond motifs is 6. The normalized spacial score (nSPS) is 11.7. The van der Waals surface area contributed by atoms with E-state index in [9.17, 15) is 0 Å². The summed E-state index contributed by atoms with van der Waals surface area (Å²) in [6.07, 6.45) is 0. The Morgan fingerprint density at radius 1 is 0.342 bits per heavy atom. The van der Waals surface area contributed by atoms with Crippen LogP contribution in [0, 0.1) is 0 Å². The van der Waals surface area contributed by atoms with Crippen molar-refractivity contribution in [3.63, 3.8) is 0 Å². The van der Waals surface area contributed by atoms with Gasteiger partial charge in [0.05, 0.1) is 11.4 Å². The van der Waals surface area contributed by atoms with E-state index >= 15 is 0 Å². The highest BCUT2D eigenvalue weighted by atomic mass is 16.3. The number of aromatic nitrogens is 1. The second-order valence-corrected chi connectivity index (χ2v) is 9.61. The van der Waals surface area contributed by atoms with Crippen LogP contribution >= 0.6 is 0 Å². The van der Waals surface area contributed by atoms with Gasteiger partial charge in [-0.1, -0.05) is 72.8 Å². The molecule has 0 aliphatic heterocycles. The van der Waals surface area contributed by atoms with Gasteiger partial charge < -0.3 is 8.83 Å². The summed E-state index contributed by atoms with van der Waals surface area (Å²) in [5.74, 6) is 0. The van der Waals surface area contributed by atoms with E-state index in [2.05, 4.69) is 78.9 Å². The minimum Gasteiger partial charge on any atom is -0.456 e. The minimum absolute atomic E-state index is 0.859. The Morgan fingerprint density at radius 3 is 1.76 bits per heavy atom. The van der Waals surface area contributed by atoms with Crippen molar-refractivity contribution in [3.05, 3.63) is 127 Å². The second kappa shape index (κ2) is 8.19. The van der Waals surface area contributed by atoms with E-state index < -0.39 is 0 Å². The van der Waals surface area contributed by atoms with Crippen molar-refractivity contribution in [2.75, 3.05) is 0 Å². The first kappa shape index (κ1) is 21.0. The molecule has 3 heterocycles. The lowest BCUT2D eigenvalue weighted by atomic mass is 10.0. The molecule has 3 heteroatoms. The van der Waals surface area contributed by atoms with Crippen LogP contribution in [0.1, 0.15) is 0 Å². The zero-order valence-electron chi connectivity index (χ0n) is 20.4. The minimum atomic E-state index is 0.859. The van der Waals surface area contributed by atoms with E-state index in [-0.39, 0.29) is 0 Å². The zero-order valence-corrected chi connectivity index (χ0v) is 20.4. The molecule has 0 amide bonds. The Bertz CT molecular complexity index is 2130. The summed E-state index contributed by atoms with van der Waals surface area (Å²) < 4.78 is 12.4. The fourth-order valence-electron chi connectivity index (χ4n) is 5.39. The van der Waals surface area contributed by atoms with Crippen LogP contribution in [0.25, 0.3) is 77.5 Å². The van der Waals surface area contributed by atoms with Gasteiger partial charge in [0.1, 0.15) is 22.3 Å². The van der Waals surface area contributed by atoms with Gasteiger partial charge >= 0.3 is 0 Å². The van der Waals surface area contributed by atoms with Crippen molar-refractivity contribution < 1.29 is 8.83 Å². The van der Waals surface area contributed by atoms with E-state index in [4.69, 9.17) is 13.8 Å². The molecule has 5 aromatic carbocycles. The van der Waals surface area contributed by atoms with Crippen LogP contribution in [0.3, 0.4) is 0 Å². The summed E-state index contributed by atoms with van der Waals surface area (Å²) in [7, 11) is 0. The monoisotopic (exact) mass is 487 g/mol. The van der Waals surface area contributed by atoms with Gasteiger partial charge in [-0.15, -0.1) is 0 Å². The van der Waals surface area contributed by atoms with E-state index in [0.717, 1.165) is 77.5 Å². The number of hydrogen-bond donors (Lipinski definition) is 0. The number of furan rings is 2. The van der Waals surface area contributed by atoms with Gasteiger partial charge in [-0.05, 0) is 65.7 Å². The van der Waals surface area contributed by atoms with Crippen molar-refractivity contribution in [3.8, 4) is 33.6 Å². The lowest BCUT2D eigenvalue weighted by Gasteiger charge is -2.05. The summed E-state index contributed by atoms with van der Waals surface area (Å²) in [6, 6.07) is 43.7. The predicted molar refractivity (Wildman–Crippen MR) is 155 cm³/mol. The van der Waals surface area contributed by atoms with Gasteiger partial charge in [0.15, 0.2) is 0 Å². The molecule has 0 aliphatic carbocycles. The van der Waals surface area contributed by atoms with Crippen molar-refractivity contribution in [2.45, 2.75) is 0 Å². The fraction of sp³-hybridized carbons (Fsp3) is 0. The SMILES string of the molecule is c1ccc(-c2cccc(-c3ccc4c(c3)oc3cc(-c5ccc6oc7ccccc7c6c5)ccc34)n2)cc1. The fourth-order valence-corrected chi connectivity index (χ4v) is 5.39. The number of hydrogen-bond acceptors (Lipinski definition) is 3. The Kier molecular flexibility index (Phi) is 4.52. The van der Waals surface area contributed by atoms with Crippen LogP contribution in [-0.4, -0.2) is 4.98 Å². The molecular formula is C35H21NO2. The van der Waals surface area contributed by atoms with Gasteiger partial charge in [-0.3, -0.25) is 0 Å². The average Bonchev–Trinajstić information content (AvgIpc) is 3.54. The molecule has 0 atom stereocenters. The van der Waals surface area contributed by atoms with Crippen molar-refractivity contribution in [1.82, 2.24) is 4.98 Å². The van der Waals surface area contributed by atoms with Crippen molar-refractivity contribution in [1.29, 1.82) is 0 Å². The highest BCUT2D eigenvalue weighted by Gasteiger charge is 2.13. The third-order valence-corrected chi connectivity index (χ3v) is 7.30. The summed E-state index contributed by atoms with van der Waals surface area (Å²) in [4.78, 5) is 4.92. The number of rotatable bonds is 3. The number of benzene rings is 5. The molecule has 0 N–H and O–H groups in total. The molecule has 0 fully saturated rings. The second-order valence-electron chi connectivity index (χ2n) is 9.61. The Hall–Kier alpha value is -5.15. The molecule has 0 unspecified atom stereocenters. The Balaban J connectivity index is 1.21. The standard InChI is InChI=1S/C35H21NO2/c1-2-7-22(8-3-1)30-10-6-11-31(36-30)25-14-17-28-27-16-13-24(20-34(27)38-35(28)21-25)23-15-18-33-29(19-23)26-9-4-5-12-32(26)37-33/h1-21H. The molecule has 0 bridgehead atoms. The average molecular weight is 488 g/mol. The quantitative estimate of drug-likeness (QED) is 0.249. The summed E-state index contributed by atoms with van der Waals surface area (Å²) in [5.41, 5.74) is 9.81. The van der Waals surface area contributed by atoms with Crippen LogP contribution < -0.4 is 0 Å². The van der Waals surface area contributed by atoms with Gasteiger partial charge in [0.2, 0.25) is 0 Å². The first-order valence-corrected chi connectivity index (χ1v) is 12.7. The van der Waals surface area contributed by atoms with E-state index in [1.54, 1.807) is 0 Å². The van der Waals surface area contributed by atoms with Gasteiger partial charge in [-0.2, -0.15) is 0 Å². The van der Waals surface area contributed by atoms with Crippen LogP contribution in [-0.2, 0) is 0 Å². The Morgan fingerprint density at radius 2 is 0.921 bits per heavy atom. The first-order chi connectivity index (χ1) is 18.8. The van der Waals surface area contributed by atoms with E-state index in [1.807, 2.05) is 48.5 Å². The van der Waals surface area contributed by atoms with Crippen molar-refractivity contribution >= 4 is 43.9 Å². The molecule has 0 radical (unpaired) electrons. The van der Waals surface area contributed by atoms with Crippen molar-refractivity contribution in [2.24, 2.45) is 0 Å². The maximum absolute atomic E-state index is 6.39. The topological polar surface area (TPSA) is 39.2 Å². The van der Waals surface area contributed by atoms with Gasteiger partial charge in [-0.25, -0.2) is 4.98 Å². The van der Waals surface area contributed by atoms with Gasteiger partial charge in [0, 0.05) is 32.7 Å². The molecule has 3 nitrogen and oxygen atoms in total. The third-order valence-electron chi connectivity index (χ3n) is 7.30. The molecule has 0 saturated heterocycles. The molecule has 0 spiro atoms. The molecule has 0 aliphatic rings. The highest BCUT2D eigenvalue weighted by Crippen LogP contribution is 2.36. The summed E-state index contributed by atoms with van der Waals surface area (Å²) >= 11 is 0. The van der Waals surface area contributed by atoms with E-state index in [0.29, 0.717) is 0 Å². The molecule has 8 rings (SSSR count). The van der Waals surface area contributed by atoms with Crippen LogP contribution in [0.5, 0.6) is 0 Å². The lowest BCUT2D eigenvalue weighted by Crippen LogP contribution is -1.87. The molecular weight excluding hydrogens is 466 g/mol. The molecule has 3 aromatic heterocycles. The molecule has 178 valence electrons. The third kappa shape index (κ3) is 3.33. The zero-order chi connectivity index (χ0) is 25.1. The maximum Gasteiger partial charge on any atom is 0.136 e. The predicted octanol–water partition coefficient (Wildman–Crippen LogP) is 9.88. The van der Waals surface area contributed by atoms with Crippen LogP contribution in [0.2, 0.25) is 0 Å². The number of pyridine rings is 1. The summed E-state index contributed by atoms with van der Waals surface area (Å²) in [5, 5.41) is 4.46. The number of para-hydroxylation sites is 1. The molecule has 38 heavy (non-hydrogen) atoms. The molecule has 8 aromatic rings. The molecule has 0 saturated carbocycles. The summed E-state index contributed by atoms with van der Waals surface area (Å²) in [6.45, 7) is 0.